The lowest BCUT2D eigenvalue weighted by atomic mass is 10.1. The van der Waals surface area contributed by atoms with Gasteiger partial charge >= 0.3 is 0 Å². The van der Waals surface area contributed by atoms with Crippen molar-refractivity contribution in [3.63, 3.8) is 0 Å². The van der Waals surface area contributed by atoms with Crippen molar-refractivity contribution < 1.29 is 14.3 Å². The van der Waals surface area contributed by atoms with Crippen LogP contribution in [0.5, 0.6) is 0 Å². The van der Waals surface area contributed by atoms with E-state index >= 15 is 0 Å². The van der Waals surface area contributed by atoms with Crippen LogP contribution in [0.3, 0.4) is 0 Å². The van der Waals surface area contributed by atoms with Gasteiger partial charge in [-0.1, -0.05) is 34.1 Å². The third-order valence-electron chi connectivity index (χ3n) is 2.05. The number of hydrogen-bond donors (Lipinski definition) is 3. The molecule has 0 aliphatic carbocycles. The summed E-state index contributed by atoms with van der Waals surface area (Å²) in [5.74, 6) is 6.27. The minimum atomic E-state index is 0.0736. The molecule has 1 amide bonds. The molecule has 0 spiro atoms. The monoisotopic (exact) mass is 353 g/mol. The molecule has 1 unspecified atom stereocenters. The van der Waals surface area contributed by atoms with Crippen molar-refractivity contribution in [3.05, 3.63) is 0 Å². The first-order valence-electron chi connectivity index (χ1n) is 8.12. The van der Waals surface area contributed by atoms with Crippen molar-refractivity contribution in [1.82, 2.24) is 10.3 Å². The van der Waals surface area contributed by atoms with E-state index < -0.39 is 0 Å². The van der Waals surface area contributed by atoms with Gasteiger partial charge in [-0.05, 0) is 12.8 Å². The normalized spacial score (nSPS) is 10.0. The number of ether oxygens (including phenoxy) is 1. The number of hydrazine groups is 1. The standard InChI is InChI=1S/C10H21NO2S.C2H8N2.C2H4O.C2H6/c1-3-9(2)8-11-10(12)4-5-13-6-7-14;1-4(2)3;1-2-3;1-2/h9,14H,3-8H2,1-2H3,(H,11,12);3H2,1-2H3;2H,1H3;1-2H3. The summed E-state index contributed by atoms with van der Waals surface area (Å²) in [6.07, 6.45) is 2.29. The molecule has 3 N–H and O–H groups in total. The van der Waals surface area contributed by atoms with E-state index in [-0.39, 0.29) is 5.91 Å². The summed E-state index contributed by atoms with van der Waals surface area (Å²) in [5.41, 5.74) is 0. The summed E-state index contributed by atoms with van der Waals surface area (Å²) in [5, 5.41) is 4.37. The molecule has 0 bridgehead atoms. The number of carbonyl (C=O) groups excluding carboxylic acids is 2. The highest BCUT2D eigenvalue weighted by Gasteiger charge is 2.03. The molecular weight excluding hydrogens is 314 g/mol. The maximum atomic E-state index is 11.2. The Morgan fingerprint density at radius 3 is 2.13 bits per heavy atom. The molecule has 0 aliphatic rings. The molecule has 0 aliphatic heterocycles. The fraction of sp³-hybridized carbons (Fsp3) is 0.875. The van der Waals surface area contributed by atoms with Crippen LogP contribution in [0.4, 0.5) is 0 Å². The lowest BCUT2D eigenvalue weighted by molar-refractivity contribution is -0.122. The van der Waals surface area contributed by atoms with Gasteiger partial charge in [0.05, 0.1) is 13.2 Å². The predicted molar refractivity (Wildman–Crippen MR) is 103 cm³/mol. The van der Waals surface area contributed by atoms with E-state index in [9.17, 15) is 4.79 Å². The largest absolute Gasteiger partial charge is 0.380 e. The summed E-state index contributed by atoms with van der Waals surface area (Å²) in [6, 6.07) is 0. The minimum absolute atomic E-state index is 0.0736. The molecule has 0 saturated carbocycles. The highest BCUT2D eigenvalue weighted by atomic mass is 32.1. The fourth-order valence-electron chi connectivity index (χ4n) is 0.852. The van der Waals surface area contributed by atoms with E-state index in [4.69, 9.17) is 15.4 Å². The first-order valence-corrected chi connectivity index (χ1v) is 8.75. The van der Waals surface area contributed by atoms with Gasteiger partial charge in [-0.2, -0.15) is 12.6 Å². The number of hydrogen-bond acceptors (Lipinski definition) is 6. The first-order chi connectivity index (χ1) is 10.8. The van der Waals surface area contributed by atoms with E-state index in [1.54, 1.807) is 14.1 Å². The highest BCUT2D eigenvalue weighted by Crippen LogP contribution is 1.97. The van der Waals surface area contributed by atoms with Crippen LogP contribution in [0.25, 0.3) is 0 Å². The summed E-state index contributed by atoms with van der Waals surface area (Å²) in [6.45, 7) is 11.6. The van der Waals surface area contributed by atoms with Gasteiger partial charge in [0.25, 0.3) is 0 Å². The van der Waals surface area contributed by atoms with Gasteiger partial charge in [0.2, 0.25) is 5.91 Å². The summed E-state index contributed by atoms with van der Waals surface area (Å²) in [7, 11) is 3.56. The molecule has 0 saturated heterocycles. The number of aldehydes is 1. The Hall–Kier alpha value is -0.630. The van der Waals surface area contributed by atoms with Crippen molar-refractivity contribution in [2.75, 3.05) is 39.6 Å². The molecule has 0 fully saturated rings. The second kappa shape index (κ2) is 29.4. The molecule has 6 nitrogen and oxygen atoms in total. The Labute approximate surface area is 148 Å². The number of nitrogens with one attached hydrogen (secondary N) is 1. The maximum Gasteiger partial charge on any atom is 0.222 e. The third-order valence-corrected chi connectivity index (χ3v) is 2.24. The average Bonchev–Trinajstić information content (AvgIpc) is 2.51. The molecule has 0 radical (unpaired) electrons. The van der Waals surface area contributed by atoms with Gasteiger partial charge in [-0.3, -0.25) is 15.6 Å². The number of carbonyl (C=O) groups is 2. The molecule has 1 atom stereocenters. The Morgan fingerprint density at radius 2 is 1.78 bits per heavy atom. The second-order valence-electron chi connectivity index (χ2n) is 4.60. The number of rotatable bonds is 8. The zero-order chi connectivity index (χ0) is 19.1. The van der Waals surface area contributed by atoms with Crippen LogP contribution in [0, 0.1) is 5.92 Å². The second-order valence-corrected chi connectivity index (χ2v) is 5.05. The lowest BCUT2D eigenvalue weighted by Crippen LogP contribution is -2.28. The van der Waals surface area contributed by atoms with Gasteiger partial charge in [0.15, 0.2) is 0 Å². The van der Waals surface area contributed by atoms with Gasteiger partial charge < -0.3 is 14.8 Å². The molecule has 0 aromatic heterocycles. The summed E-state index contributed by atoms with van der Waals surface area (Å²) < 4.78 is 5.15. The molecule has 142 valence electrons. The van der Waals surface area contributed by atoms with E-state index in [1.165, 1.54) is 11.9 Å². The average molecular weight is 354 g/mol. The van der Waals surface area contributed by atoms with E-state index in [0.717, 1.165) is 19.3 Å². The van der Waals surface area contributed by atoms with Crippen molar-refractivity contribution in [2.24, 2.45) is 11.8 Å². The van der Waals surface area contributed by atoms with Crippen molar-refractivity contribution >= 4 is 24.8 Å². The van der Waals surface area contributed by atoms with Gasteiger partial charge in [0, 0.05) is 32.8 Å². The number of amides is 1. The summed E-state index contributed by atoms with van der Waals surface area (Å²) in [4.78, 5) is 20.0. The van der Waals surface area contributed by atoms with E-state index in [0.29, 0.717) is 31.3 Å². The van der Waals surface area contributed by atoms with E-state index in [1.807, 2.05) is 13.8 Å². The fourth-order valence-corrected chi connectivity index (χ4v) is 0.981. The smallest absolute Gasteiger partial charge is 0.222 e. The van der Waals surface area contributed by atoms with Crippen LogP contribution in [-0.4, -0.2) is 56.8 Å². The maximum absolute atomic E-state index is 11.2. The molecule has 0 aromatic rings. The van der Waals surface area contributed by atoms with Crippen LogP contribution >= 0.6 is 12.6 Å². The van der Waals surface area contributed by atoms with Gasteiger partial charge in [0.1, 0.15) is 6.29 Å². The van der Waals surface area contributed by atoms with Crippen LogP contribution in [0.15, 0.2) is 0 Å². The molecule has 0 heterocycles. The van der Waals surface area contributed by atoms with E-state index in [2.05, 4.69) is 31.8 Å². The van der Waals surface area contributed by atoms with Crippen LogP contribution in [0.1, 0.15) is 47.5 Å². The molecule has 7 heteroatoms. The van der Waals surface area contributed by atoms with Crippen LogP contribution in [0.2, 0.25) is 0 Å². The Morgan fingerprint density at radius 1 is 1.35 bits per heavy atom. The van der Waals surface area contributed by atoms with Crippen LogP contribution in [-0.2, 0) is 14.3 Å². The number of nitrogens with zero attached hydrogens (tertiary/aromatic N) is 1. The van der Waals surface area contributed by atoms with Gasteiger partial charge in [-0.25, -0.2) is 0 Å². The predicted octanol–water partition coefficient (Wildman–Crippen LogP) is 2.14. The summed E-state index contributed by atoms with van der Waals surface area (Å²) >= 11 is 4.00. The number of nitrogens with two attached hydrogens (primary N) is 1. The minimum Gasteiger partial charge on any atom is -0.380 e. The van der Waals surface area contributed by atoms with Crippen molar-refractivity contribution in [3.8, 4) is 0 Å². The zero-order valence-electron chi connectivity index (χ0n) is 16.1. The lowest BCUT2D eigenvalue weighted by Gasteiger charge is -2.09. The zero-order valence-corrected chi connectivity index (χ0v) is 17.0. The SMILES string of the molecule is CC.CC=O.CCC(C)CNC(=O)CCOCCS.CN(C)N. The first kappa shape index (κ1) is 30.3. The quantitative estimate of drug-likeness (QED) is 0.205. The highest BCUT2D eigenvalue weighted by molar-refractivity contribution is 7.80. The topological polar surface area (TPSA) is 84.7 Å². The number of thiol groups is 1. The molecule has 0 aromatic carbocycles. The van der Waals surface area contributed by atoms with Crippen molar-refractivity contribution in [1.29, 1.82) is 0 Å². The van der Waals surface area contributed by atoms with Crippen LogP contribution < -0.4 is 11.2 Å². The Balaban J connectivity index is -0.000000166. The Bertz CT molecular complexity index is 228. The van der Waals surface area contributed by atoms with Gasteiger partial charge in [-0.15, -0.1) is 0 Å². The molecular formula is C16H39N3O3S. The third kappa shape index (κ3) is 52.4. The Kier molecular flexibility index (Phi) is 38.7. The molecule has 23 heavy (non-hydrogen) atoms. The molecule has 0 rings (SSSR count). The van der Waals surface area contributed by atoms with Crippen molar-refractivity contribution in [2.45, 2.75) is 47.5 Å².